The molecule has 1 N–H and O–H groups in total. The number of hydrogen-bond acceptors (Lipinski definition) is 2. The van der Waals surface area contributed by atoms with Crippen molar-refractivity contribution in [1.29, 1.82) is 0 Å². The lowest BCUT2D eigenvalue weighted by atomic mass is 10.1. The zero-order chi connectivity index (χ0) is 17.0. The molecule has 0 bridgehead atoms. The van der Waals surface area contributed by atoms with Crippen molar-refractivity contribution in [3.63, 3.8) is 0 Å². The molecule has 1 aliphatic carbocycles. The van der Waals surface area contributed by atoms with E-state index in [2.05, 4.69) is 0 Å². The summed E-state index contributed by atoms with van der Waals surface area (Å²) in [6, 6.07) is 4.41. The summed E-state index contributed by atoms with van der Waals surface area (Å²) in [5.74, 6) is -0.868. The van der Waals surface area contributed by atoms with Crippen molar-refractivity contribution < 1.29 is 27.9 Å². The lowest BCUT2D eigenvalue weighted by molar-refractivity contribution is -0.145. The molecule has 7 heteroatoms. The number of amides is 1. The zero-order valence-electron chi connectivity index (χ0n) is 12.5. The van der Waals surface area contributed by atoms with Crippen LogP contribution in [0.25, 0.3) is 0 Å². The summed E-state index contributed by atoms with van der Waals surface area (Å²) in [4.78, 5) is 24.2. The van der Waals surface area contributed by atoms with Gasteiger partial charge in [-0.25, -0.2) is 0 Å². The van der Waals surface area contributed by atoms with Gasteiger partial charge < -0.3 is 10.0 Å². The van der Waals surface area contributed by atoms with Gasteiger partial charge in [-0.3, -0.25) is 9.59 Å². The van der Waals surface area contributed by atoms with Crippen molar-refractivity contribution in [2.75, 3.05) is 6.54 Å². The van der Waals surface area contributed by atoms with Crippen molar-refractivity contribution in [3.8, 4) is 0 Å². The Bertz CT molecular complexity index is 565. The van der Waals surface area contributed by atoms with E-state index < -0.39 is 24.3 Å². The molecule has 1 saturated carbocycles. The topological polar surface area (TPSA) is 57.6 Å². The van der Waals surface area contributed by atoms with E-state index in [1.807, 2.05) is 0 Å². The van der Waals surface area contributed by atoms with Crippen LogP contribution in [0.2, 0.25) is 0 Å². The highest BCUT2D eigenvalue weighted by Crippen LogP contribution is 2.33. The molecule has 4 nitrogen and oxygen atoms in total. The first kappa shape index (κ1) is 17.3. The van der Waals surface area contributed by atoms with Crippen molar-refractivity contribution in [2.45, 2.75) is 38.4 Å². The summed E-state index contributed by atoms with van der Waals surface area (Å²) < 4.78 is 37.6. The average Bonchev–Trinajstić information content (AvgIpc) is 3.27. The summed E-state index contributed by atoms with van der Waals surface area (Å²) in [5.41, 5.74) is -0.301. The van der Waals surface area contributed by atoms with E-state index in [0.29, 0.717) is 11.5 Å². The second kappa shape index (κ2) is 7.02. The number of hydrogen-bond donors (Lipinski definition) is 1. The Labute approximate surface area is 131 Å². The summed E-state index contributed by atoms with van der Waals surface area (Å²) in [7, 11) is 0. The van der Waals surface area contributed by atoms with Crippen LogP contribution in [-0.4, -0.2) is 28.4 Å². The lowest BCUT2D eigenvalue weighted by Crippen LogP contribution is -2.35. The Morgan fingerprint density at radius 2 is 1.78 bits per heavy atom. The third kappa shape index (κ3) is 5.58. The third-order valence-electron chi connectivity index (χ3n) is 3.80. The number of carboxylic acids is 1. The fraction of sp³-hybridized carbons (Fsp3) is 0.500. The maximum absolute atomic E-state index is 12.5. The molecule has 0 unspecified atom stereocenters. The number of halogens is 3. The number of rotatable bonds is 7. The number of carbonyl (C=O) groups excluding carboxylic acids is 1. The molecule has 2 rings (SSSR count). The number of nitrogens with zero attached hydrogens (tertiary/aromatic N) is 1. The van der Waals surface area contributed by atoms with E-state index in [1.165, 1.54) is 17.0 Å². The van der Waals surface area contributed by atoms with Crippen molar-refractivity contribution in [3.05, 3.63) is 35.4 Å². The number of carbonyl (C=O) groups is 2. The van der Waals surface area contributed by atoms with Gasteiger partial charge in [0.05, 0.1) is 5.56 Å². The predicted octanol–water partition coefficient (Wildman–Crippen LogP) is 3.31. The molecule has 1 amide bonds. The SMILES string of the molecule is O=C(O)CN(Cc1ccc(C(F)(F)F)cc1)C(=O)CCC1CC1. The molecule has 1 fully saturated rings. The van der Waals surface area contributed by atoms with E-state index in [9.17, 15) is 22.8 Å². The minimum atomic E-state index is -4.42. The van der Waals surface area contributed by atoms with Gasteiger partial charge in [0.1, 0.15) is 6.54 Å². The van der Waals surface area contributed by atoms with E-state index >= 15 is 0 Å². The molecule has 23 heavy (non-hydrogen) atoms. The van der Waals surface area contributed by atoms with E-state index in [0.717, 1.165) is 31.4 Å². The van der Waals surface area contributed by atoms with Crippen molar-refractivity contribution >= 4 is 11.9 Å². The monoisotopic (exact) mass is 329 g/mol. The quantitative estimate of drug-likeness (QED) is 0.835. The van der Waals surface area contributed by atoms with Crippen LogP contribution in [0.1, 0.15) is 36.8 Å². The van der Waals surface area contributed by atoms with Gasteiger partial charge in [0.15, 0.2) is 0 Å². The molecule has 0 atom stereocenters. The zero-order valence-corrected chi connectivity index (χ0v) is 12.5. The predicted molar refractivity (Wildman–Crippen MR) is 76.5 cm³/mol. The first-order chi connectivity index (χ1) is 10.8. The maximum atomic E-state index is 12.5. The highest BCUT2D eigenvalue weighted by Gasteiger charge is 2.30. The van der Waals surface area contributed by atoms with Gasteiger partial charge >= 0.3 is 12.1 Å². The molecule has 1 aromatic rings. The molecule has 0 saturated heterocycles. The molecule has 126 valence electrons. The normalized spacial score (nSPS) is 14.6. The van der Waals surface area contributed by atoms with Gasteiger partial charge in [-0.15, -0.1) is 0 Å². The minimum absolute atomic E-state index is 0.00601. The molecule has 0 aromatic heterocycles. The van der Waals surface area contributed by atoms with Gasteiger partial charge in [0, 0.05) is 13.0 Å². The van der Waals surface area contributed by atoms with Crippen LogP contribution < -0.4 is 0 Å². The highest BCUT2D eigenvalue weighted by atomic mass is 19.4. The fourth-order valence-electron chi connectivity index (χ4n) is 2.31. The van der Waals surface area contributed by atoms with Crippen LogP contribution in [0.15, 0.2) is 24.3 Å². The molecule has 0 aliphatic heterocycles. The Hall–Kier alpha value is -2.05. The van der Waals surface area contributed by atoms with Crippen LogP contribution in [0.5, 0.6) is 0 Å². The number of benzene rings is 1. The smallest absolute Gasteiger partial charge is 0.416 e. The molecule has 0 radical (unpaired) electrons. The highest BCUT2D eigenvalue weighted by molar-refractivity contribution is 5.81. The summed E-state index contributed by atoms with van der Waals surface area (Å²) in [6.45, 7) is -0.460. The van der Waals surface area contributed by atoms with Crippen molar-refractivity contribution in [2.24, 2.45) is 5.92 Å². The van der Waals surface area contributed by atoms with Crippen LogP contribution in [0.3, 0.4) is 0 Å². The van der Waals surface area contributed by atoms with Crippen LogP contribution in [0, 0.1) is 5.92 Å². The van der Waals surface area contributed by atoms with Gasteiger partial charge in [-0.2, -0.15) is 13.2 Å². The standard InChI is InChI=1S/C16H18F3NO3/c17-16(18,19)13-6-3-12(4-7-13)9-20(10-15(22)23)14(21)8-5-11-1-2-11/h3-4,6-7,11H,1-2,5,8-10H2,(H,22,23). The van der Waals surface area contributed by atoms with Crippen LogP contribution >= 0.6 is 0 Å². The maximum Gasteiger partial charge on any atom is 0.416 e. The molecular weight excluding hydrogens is 311 g/mol. The Balaban J connectivity index is 2.00. The molecule has 0 heterocycles. The first-order valence-corrected chi connectivity index (χ1v) is 7.41. The average molecular weight is 329 g/mol. The fourth-order valence-corrected chi connectivity index (χ4v) is 2.31. The van der Waals surface area contributed by atoms with Gasteiger partial charge in [0.2, 0.25) is 5.91 Å². The Morgan fingerprint density at radius 3 is 2.26 bits per heavy atom. The number of aliphatic carboxylic acids is 1. The Morgan fingerprint density at radius 1 is 1.17 bits per heavy atom. The van der Waals surface area contributed by atoms with E-state index in [1.54, 1.807) is 0 Å². The van der Waals surface area contributed by atoms with Gasteiger partial charge in [-0.05, 0) is 30.0 Å². The second-order valence-electron chi connectivity index (χ2n) is 5.82. The van der Waals surface area contributed by atoms with E-state index in [4.69, 9.17) is 5.11 Å². The Kier molecular flexibility index (Phi) is 5.28. The largest absolute Gasteiger partial charge is 0.480 e. The van der Waals surface area contributed by atoms with Crippen molar-refractivity contribution in [1.82, 2.24) is 4.90 Å². The minimum Gasteiger partial charge on any atom is -0.480 e. The molecular formula is C16H18F3NO3. The molecule has 0 spiro atoms. The van der Waals surface area contributed by atoms with Crippen LogP contribution in [0.4, 0.5) is 13.2 Å². The summed E-state index contributed by atoms with van der Waals surface area (Å²) >= 11 is 0. The third-order valence-corrected chi connectivity index (χ3v) is 3.80. The lowest BCUT2D eigenvalue weighted by Gasteiger charge is -2.21. The van der Waals surface area contributed by atoms with Gasteiger partial charge in [0.25, 0.3) is 0 Å². The summed E-state index contributed by atoms with van der Waals surface area (Å²) in [5, 5.41) is 8.91. The second-order valence-corrected chi connectivity index (χ2v) is 5.82. The van der Waals surface area contributed by atoms with Gasteiger partial charge in [-0.1, -0.05) is 25.0 Å². The number of alkyl halides is 3. The molecule has 1 aliphatic rings. The molecule has 1 aromatic carbocycles. The summed E-state index contributed by atoms with van der Waals surface area (Å²) in [6.07, 6.45) is -1.20. The van der Waals surface area contributed by atoms with Crippen LogP contribution in [-0.2, 0) is 22.3 Å². The first-order valence-electron chi connectivity index (χ1n) is 7.41. The number of carboxylic acid groups (broad SMARTS) is 1. The van der Waals surface area contributed by atoms with E-state index in [-0.39, 0.29) is 18.9 Å².